The maximum Gasteiger partial charge on any atom is 0.245 e. The van der Waals surface area contributed by atoms with E-state index in [-0.39, 0.29) is 17.3 Å². The summed E-state index contributed by atoms with van der Waals surface area (Å²) in [5.74, 6) is -0.174. The zero-order chi connectivity index (χ0) is 23.7. The first-order chi connectivity index (χ1) is 16.5. The number of thiophene rings is 1. The number of anilines is 1. The number of aromatic nitrogens is 2. The summed E-state index contributed by atoms with van der Waals surface area (Å²) >= 11 is 1.52. The molecule has 34 heavy (non-hydrogen) atoms. The van der Waals surface area contributed by atoms with E-state index in [4.69, 9.17) is 0 Å². The third-order valence-electron chi connectivity index (χ3n) is 6.52. The number of rotatable bonds is 5. The van der Waals surface area contributed by atoms with Crippen molar-refractivity contribution in [3.05, 3.63) is 40.5 Å². The number of hydrogen-bond donors (Lipinski definition) is 2. The lowest BCUT2D eigenvalue weighted by Crippen LogP contribution is -2.50. The number of pyridine rings is 1. The van der Waals surface area contributed by atoms with Gasteiger partial charge < -0.3 is 10.3 Å². The van der Waals surface area contributed by atoms with E-state index in [1.807, 2.05) is 4.90 Å². The van der Waals surface area contributed by atoms with Crippen molar-refractivity contribution in [2.75, 3.05) is 38.0 Å². The van der Waals surface area contributed by atoms with Crippen molar-refractivity contribution >= 4 is 43.3 Å². The zero-order valence-electron chi connectivity index (χ0n) is 18.7. The number of nitrogens with zero attached hydrogens (tertiary/aromatic N) is 4. The molecule has 3 aromatic heterocycles. The molecule has 1 saturated heterocycles. The highest BCUT2D eigenvalue weighted by Crippen LogP contribution is 2.37. The predicted molar refractivity (Wildman–Crippen MR) is 130 cm³/mol. The Bertz CT molecular complexity index is 1360. The molecule has 0 radical (unpaired) electrons. The number of aryl methyl sites for hydroxylation is 1. The summed E-state index contributed by atoms with van der Waals surface area (Å²) in [4.78, 5) is 23.2. The minimum atomic E-state index is -3.66. The van der Waals surface area contributed by atoms with E-state index < -0.39 is 10.0 Å². The summed E-state index contributed by atoms with van der Waals surface area (Å²) in [7, 11) is -3.66. The molecule has 0 saturated carbocycles. The van der Waals surface area contributed by atoms with Crippen molar-refractivity contribution in [1.82, 2.24) is 19.2 Å². The second kappa shape index (κ2) is 9.46. The van der Waals surface area contributed by atoms with Gasteiger partial charge in [0.05, 0.1) is 12.1 Å². The van der Waals surface area contributed by atoms with Gasteiger partial charge in [-0.2, -0.15) is 9.57 Å². The van der Waals surface area contributed by atoms with E-state index in [9.17, 15) is 18.5 Å². The van der Waals surface area contributed by atoms with E-state index in [2.05, 4.69) is 21.4 Å². The maximum atomic E-state index is 13.2. The van der Waals surface area contributed by atoms with Gasteiger partial charge in [-0.1, -0.05) is 6.42 Å². The summed E-state index contributed by atoms with van der Waals surface area (Å²) in [6.45, 7) is 1.69. The molecule has 11 heteroatoms. The Morgan fingerprint density at radius 1 is 1.21 bits per heavy atom. The molecule has 1 aliphatic heterocycles. The lowest BCUT2D eigenvalue weighted by molar-refractivity contribution is -0.117. The van der Waals surface area contributed by atoms with Crippen LogP contribution in [0.15, 0.2) is 29.4 Å². The van der Waals surface area contributed by atoms with Crippen LogP contribution in [0, 0.1) is 11.3 Å². The van der Waals surface area contributed by atoms with Crippen molar-refractivity contribution in [3.63, 3.8) is 0 Å². The molecule has 3 aromatic rings. The van der Waals surface area contributed by atoms with Gasteiger partial charge in [-0.3, -0.25) is 9.69 Å². The van der Waals surface area contributed by atoms with Gasteiger partial charge in [0, 0.05) is 48.8 Å². The first kappa shape index (κ1) is 23.0. The van der Waals surface area contributed by atoms with Gasteiger partial charge >= 0.3 is 0 Å². The molecule has 5 rings (SSSR count). The molecular weight excluding hydrogens is 472 g/mol. The van der Waals surface area contributed by atoms with Crippen LogP contribution in [0.25, 0.3) is 11.0 Å². The van der Waals surface area contributed by atoms with E-state index >= 15 is 0 Å². The second-order valence-corrected chi connectivity index (χ2v) is 11.7. The fourth-order valence-electron chi connectivity index (χ4n) is 4.73. The Morgan fingerprint density at radius 2 is 2.00 bits per heavy atom. The maximum absolute atomic E-state index is 13.2. The molecule has 0 bridgehead atoms. The quantitative estimate of drug-likeness (QED) is 0.522. The Hall–Kier alpha value is -2.78. The molecule has 0 aromatic carbocycles. The summed E-state index contributed by atoms with van der Waals surface area (Å²) < 4.78 is 27.8. The number of fused-ring (bicyclic) bond motifs is 2. The lowest BCUT2D eigenvalue weighted by atomic mass is 10.1. The number of amides is 1. The number of piperazine rings is 1. The van der Waals surface area contributed by atoms with Crippen LogP contribution in [0.4, 0.5) is 5.00 Å². The Balaban J connectivity index is 1.21. The van der Waals surface area contributed by atoms with Crippen LogP contribution in [-0.4, -0.2) is 66.2 Å². The van der Waals surface area contributed by atoms with Gasteiger partial charge in [-0.05, 0) is 43.4 Å². The van der Waals surface area contributed by atoms with Gasteiger partial charge in [-0.15, -0.1) is 11.3 Å². The highest BCUT2D eigenvalue weighted by atomic mass is 32.2. The predicted octanol–water partition coefficient (Wildman–Crippen LogP) is 2.71. The number of sulfonamides is 1. The van der Waals surface area contributed by atoms with Gasteiger partial charge in [-0.25, -0.2) is 13.4 Å². The van der Waals surface area contributed by atoms with Crippen LogP contribution >= 0.6 is 11.3 Å². The SMILES string of the molecule is N#Cc1c(NC(=O)CN2CCN(S(=O)(=O)c3c[nH]c4ncccc34)CC2)sc2c1CCCCC2. The number of nitriles is 1. The van der Waals surface area contributed by atoms with Gasteiger partial charge in [0.2, 0.25) is 15.9 Å². The zero-order valence-corrected chi connectivity index (χ0v) is 20.3. The topological polar surface area (TPSA) is 122 Å². The molecule has 0 spiro atoms. The molecule has 178 valence electrons. The smallest absolute Gasteiger partial charge is 0.245 e. The van der Waals surface area contributed by atoms with Crippen molar-refractivity contribution in [2.45, 2.75) is 37.0 Å². The first-order valence-corrected chi connectivity index (χ1v) is 13.7. The van der Waals surface area contributed by atoms with E-state index in [0.29, 0.717) is 47.8 Å². The van der Waals surface area contributed by atoms with Gasteiger partial charge in [0.15, 0.2) is 0 Å². The second-order valence-electron chi connectivity index (χ2n) is 8.66. The summed E-state index contributed by atoms with van der Waals surface area (Å²) in [6.07, 6.45) is 8.34. The van der Waals surface area contributed by atoms with E-state index in [1.165, 1.54) is 33.1 Å². The fourth-order valence-corrected chi connectivity index (χ4v) is 7.56. The lowest BCUT2D eigenvalue weighted by Gasteiger charge is -2.33. The molecule has 2 aliphatic rings. The molecule has 1 aliphatic carbocycles. The van der Waals surface area contributed by atoms with Crippen molar-refractivity contribution in [3.8, 4) is 6.07 Å². The van der Waals surface area contributed by atoms with Crippen molar-refractivity contribution in [1.29, 1.82) is 5.26 Å². The number of hydrogen-bond acceptors (Lipinski definition) is 7. The molecule has 2 N–H and O–H groups in total. The molecule has 4 heterocycles. The van der Waals surface area contributed by atoms with E-state index in [1.54, 1.807) is 18.3 Å². The number of H-pyrrole nitrogens is 1. The molecule has 1 amide bonds. The van der Waals surface area contributed by atoms with Gasteiger partial charge in [0.1, 0.15) is 21.6 Å². The van der Waals surface area contributed by atoms with Crippen LogP contribution < -0.4 is 5.32 Å². The average Bonchev–Trinajstić information content (AvgIpc) is 3.33. The standard InChI is InChI=1S/C23H26N6O3S2/c24-13-18-16-5-2-1-3-7-19(16)33-23(18)27-21(30)15-28-9-11-29(12-10-28)34(31,32)20-14-26-22-17(20)6-4-8-25-22/h4,6,8,14H,1-3,5,7,9-12,15H2,(H,25,26)(H,27,30). The van der Waals surface area contributed by atoms with Crippen LogP contribution in [-0.2, 0) is 27.7 Å². The van der Waals surface area contributed by atoms with Crippen LogP contribution in [0.2, 0.25) is 0 Å². The molecule has 1 fully saturated rings. The molecule has 0 atom stereocenters. The summed E-state index contributed by atoms with van der Waals surface area (Å²) in [5, 5.41) is 13.8. The first-order valence-electron chi connectivity index (χ1n) is 11.5. The highest BCUT2D eigenvalue weighted by Gasteiger charge is 2.31. The average molecular weight is 499 g/mol. The summed E-state index contributed by atoms with van der Waals surface area (Å²) in [6, 6.07) is 5.75. The van der Waals surface area contributed by atoms with Crippen LogP contribution in [0.3, 0.4) is 0 Å². The minimum Gasteiger partial charge on any atom is -0.345 e. The monoisotopic (exact) mass is 498 g/mol. The third-order valence-corrected chi connectivity index (χ3v) is 9.66. The normalized spacial score (nSPS) is 17.7. The largest absolute Gasteiger partial charge is 0.345 e. The van der Waals surface area contributed by atoms with Crippen LogP contribution in [0.5, 0.6) is 0 Å². The van der Waals surface area contributed by atoms with Crippen LogP contribution in [0.1, 0.15) is 35.3 Å². The Labute approximate surface area is 202 Å². The number of carbonyl (C=O) groups excluding carboxylic acids is 1. The molecule has 9 nitrogen and oxygen atoms in total. The minimum absolute atomic E-state index is 0.165. The summed E-state index contributed by atoms with van der Waals surface area (Å²) in [5.41, 5.74) is 2.25. The number of nitrogens with one attached hydrogen (secondary N) is 2. The van der Waals surface area contributed by atoms with Crippen molar-refractivity contribution < 1.29 is 13.2 Å². The molecule has 0 unspecified atom stereocenters. The number of aromatic amines is 1. The fraction of sp³-hybridized carbons (Fsp3) is 0.435. The highest BCUT2D eigenvalue weighted by molar-refractivity contribution is 7.89. The third kappa shape index (κ3) is 4.34. The Kier molecular flexibility index (Phi) is 6.40. The van der Waals surface area contributed by atoms with Crippen molar-refractivity contribution in [2.24, 2.45) is 0 Å². The number of carbonyl (C=O) groups is 1. The molecular formula is C23H26N6O3S2. The van der Waals surface area contributed by atoms with Gasteiger partial charge in [0.25, 0.3) is 0 Å². The Morgan fingerprint density at radius 3 is 2.79 bits per heavy atom. The van der Waals surface area contributed by atoms with E-state index in [0.717, 1.165) is 31.2 Å².